The van der Waals surface area contributed by atoms with Gasteiger partial charge in [0.25, 0.3) is 0 Å². The molecule has 0 aliphatic heterocycles. The molecule has 4 heteroatoms. The molecule has 20 heavy (non-hydrogen) atoms. The van der Waals surface area contributed by atoms with Crippen LogP contribution >= 0.6 is 11.6 Å². The van der Waals surface area contributed by atoms with Crippen molar-refractivity contribution in [1.82, 2.24) is 4.90 Å². The lowest BCUT2D eigenvalue weighted by Crippen LogP contribution is -2.35. The Morgan fingerprint density at radius 2 is 1.90 bits per heavy atom. The fourth-order valence-electron chi connectivity index (χ4n) is 2.03. The summed E-state index contributed by atoms with van der Waals surface area (Å²) < 4.78 is 0. The summed E-state index contributed by atoms with van der Waals surface area (Å²) in [7, 11) is 1.74. The number of nitrogens with zero attached hydrogens (tertiary/aromatic N) is 1. The molecular formula is C16H17ClN2O. The number of nitrogens with two attached hydrogens (primary N) is 1. The van der Waals surface area contributed by atoms with E-state index in [9.17, 15) is 4.79 Å². The van der Waals surface area contributed by atoms with Gasteiger partial charge in [-0.25, -0.2) is 0 Å². The van der Waals surface area contributed by atoms with Gasteiger partial charge in [0.05, 0.1) is 0 Å². The van der Waals surface area contributed by atoms with Crippen molar-refractivity contribution < 1.29 is 4.79 Å². The standard InChI is InChI=1S/C16H17ClN2O/c1-19(11-12-6-5-9-14(17)10-12)16(20)15(18)13-7-3-2-4-8-13/h2-10,15H,11,18H2,1H3/t15-/m0/s1. The Balaban J connectivity index is 2.05. The van der Waals surface area contributed by atoms with Gasteiger partial charge in [0.1, 0.15) is 6.04 Å². The maximum absolute atomic E-state index is 12.3. The minimum Gasteiger partial charge on any atom is -0.340 e. The van der Waals surface area contributed by atoms with Crippen molar-refractivity contribution in [2.24, 2.45) is 5.73 Å². The van der Waals surface area contributed by atoms with Gasteiger partial charge in [0.2, 0.25) is 5.91 Å². The van der Waals surface area contributed by atoms with Gasteiger partial charge in [-0.2, -0.15) is 0 Å². The lowest BCUT2D eigenvalue weighted by Gasteiger charge is -2.21. The number of carbonyl (C=O) groups is 1. The number of benzene rings is 2. The summed E-state index contributed by atoms with van der Waals surface area (Å²) in [4.78, 5) is 13.9. The first kappa shape index (κ1) is 14.6. The van der Waals surface area contributed by atoms with Crippen LogP contribution in [0.25, 0.3) is 0 Å². The van der Waals surface area contributed by atoms with Crippen LogP contribution in [0.5, 0.6) is 0 Å². The molecule has 0 unspecified atom stereocenters. The van der Waals surface area contributed by atoms with E-state index in [1.165, 1.54) is 0 Å². The fraction of sp³-hybridized carbons (Fsp3) is 0.188. The van der Waals surface area contributed by atoms with Crippen LogP contribution in [-0.4, -0.2) is 17.9 Å². The van der Waals surface area contributed by atoms with Gasteiger partial charge in [-0.1, -0.05) is 54.1 Å². The van der Waals surface area contributed by atoms with Crippen molar-refractivity contribution in [1.29, 1.82) is 0 Å². The van der Waals surface area contributed by atoms with Crippen LogP contribution in [0.2, 0.25) is 5.02 Å². The Hall–Kier alpha value is -1.84. The Morgan fingerprint density at radius 1 is 1.20 bits per heavy atom. The third kappa shape index (κ3) is 3.59. The van der Waals surface area contributed by atoms with E-state index in [-0.39, 0.29) is 5.91 Å². The molecule has 0 spiro atoms. The van der Waals surface area contributed by atoms with E-state index >= 15 is 0 Å². The van der Waals surface area contributed by atoms with Crippen LogP contribution in [0, 0.1) is 0 Å². The van der Waals surface area contributed by atoms with Crippen molar-refractivity contribution in [2.75, 3.05) is 7.05 Å². The largest absolute Gasteiger partial charge is 0.340 e. The maximum Gasteiger partial charge on any atom is 0.244 e. The zero-order valence-electron chi connectivity index (χ0n) is 11.3. The summed E-state index contributed by atoms with van der Waals surface area (Å²) in [6, 6.07) is 16.2. The predicted octanol–water partition coefficient (Wildman–Crippen LogP) is 3.00. The molecule has 0 saturated heterocycles. The molecule has 1 atom stereocenters. The van der Waals surface area contributed by atoms with Gasteiger partial charge < -0.3 is 10.6 Å². The Bertz CT molecular complexity index is 586. The van der Waals surface area contributed by atoms with Gasteiger partial charge >= 0.3 is 0 Å². The summed E-state index contributed by atoms with van der Waals surface area (Å²) in [5.74, 6) is -0.115. The molecule has 1 amide bonds. The fourth-order valence-corrected chi connectivity index (χ4v) is 2.24. The van der Waals surface area contributed by atoms with Crippen molar-refractivity contribution in [3.05, 3.63) is 70.7 Å². The monoisotopic (exact) mass is 288 g/mol. The van der Waals surface area contributed by atoms with Crippen LogP contribution in [0.4, 0.5) is 0 Å². The van der Waals surface area contributed by atoms with Crippen LogP contribution in [0.3, 0.4) is 0 Å². The van der Waals surface area contributed by atoms with E-state index in [1.807, 2.05) is 54.6 Å². The number of halogens is 1. The van der Waals surface area contributed by atoms with Crippen LogP contribution in [0.15, 0.2) is 54.6 Å². The molecule has 2 rings (SSSR count). The van der Waals surface area contributed by atoms with Gasteiger partial charge in [-0.05, 0) is 23.3 Å². The van der Waals surface area contributed by atoms with Crippen LogP contribution < -0.4 is 5.73 Å². The molecule has 0 aliphatic carbocycles. The molecule has 3 nitrogen and oxygen atoms in total. The summed E-state index contributed by atoms with van der Waals surface area (Å²) in [5, 5.41) is 0.663. The quantitative estimate of drug-likeness (QED) is 0.940. The lowest BCUT2D eigenvalue weighted by atomic mass is 10.1. The van der Waals surface area contributed by atoms with Crippen molar-refractivity contribution in [2.45, 2.75) is 12.6 Å². The Labute approximate surface area is 124 Å². The highest BCUT2D eigenvalue weighted by Crippen LogP contribution is 2.16. The first-order valence-electron chi connectivity index (χ1n) is 6.38. The second-order valence-electron chi connectivity index (χ2n) is 4.71. The molecule has 0 aromatic heterocycles. The van der Waals surface area contributed by atoms with E-state index in [1.54, 1.807) is 11.9 Å². The second-order valence-corrected chi connectivity index (χ2v) is 5.15. The predicted molar refractivity (Wildman–Crippen MR) is 81.3 cm³/mol. The summed E-state index contributed by atoms with van der Waals surface area (Å²) in [6.45, 7) is 0.486. The Kier molecular flexibility index (Phi) is 4.77. The molecule has 0 aliphatic rings. The Morgan fingerprint density at radius 3 is 2.55 bits per heavy atom. The molecule has 0 heterocycles. The molecule has 0 bridgehead atoms. The maximum atomic E-state index is 12.3. The molecule has 0 saturated carbocycles. The normalized spacial score (nSPS) is 11.9. The molecular weight excluding hydrogens is 272 g/mol. The first-order valence-corrected chi connectivity index (χ1v) is 6.75. The number of likely N-dealkylation sites (N-methyl/N-ethyl adjacent to an activating group) is 1. The summed E-state index contributed by atoms with van der Waals surface area (Å²) in [5.41, 5.74) is 7.80. The van der Waals surface area contributed by atoms with Crippen LogP contribution in [0.1, 0.15) is 17.2 Å². The number of hydrogen-bond donors (Lipinski definition) is 1. The van der Waals surface area contributed by atoms with Crippen LogP contribution in [-0.2, 0) is 11.3 Å². The topological polar surface area (TPSA) is 46.3 Å². The number of amides is 1. The van der Waals surface area contributed by atoms with E-state index in [0.717, 1.165) is 11.1 Å². The third-order valence-electron chi connectivity index (χ3n) is 3.11. The molecule has 2 N–H and O–H groups in total. The zero-order chi connectivity index (χ0) is 14.5. The van der Waals surface area contributed by atoms with Crippen molar-refractivity contribution in [3.8, 4) is 0 Å². The number of rotatable bonds is 4. The highest BCUT2D eigenvalue weighted by atomic mass is 35.5. The molecule has 2 aromatic rings. The van der Waals surface area contributed by atoms with E-state index in [4.69, 9.17) is 17.3 Å². The number of carbonyl (C=O) groups excluding carboxylic acids is 1. The van der Waals surface area contributed by atoms with E-state index in [0.29, 0.717) is 11.6 Å². The van der Waals surface area contributed by atoms with Gasteiger partial charge in [-0.3, -0.25) is 4.79 Å². The highest BCUT2D eigenvalue weighted by molar-refractivity contribution is 6.30. The smallest absolute Gasteiger partial charge is 0.244 e. The molecule has 2 aromatic carbocycles. The van der Waals surface area contributed by atoms with Crippen molar-refractivity contribution >= 4 is 17.5 Å². The molecule has 0 fully saturated rings. The van der Waals surface area contributed by atoms with E-state index in [2.05, 4.69) is 0 Å². The minimum atomic E-state index is -0.639. The zero-order valence-corrected chi connectivity index (χ0v) is 12.0. The number of hydrogen-bond acceptors (Lipinski definition) is 2. The third-order valence-corrected chi connectivity index (χ3v) is 3.34. The molecule has 0 radical (unpaired) electrons. The van der Waals surface area contributed by atoms with Gasteiger partial charge in [0, 0.05) is 18.6 Å². The summed E-state index contributed by atoms with van der Waals surface area (Å²) in [6.07, 6.45) is 0. The lowest BCUT2D eigenvalue weighted by molar-refractivity contribution is -0.131. The van der Waals surface area contributed by atoms with Gasteiger partial charge in [0.15, 0.2) is 0 Å². The average molecular weight is 289 g/mol. The first-order chi connectivity index (χ1) is 9.58. The average Bonchev–Trinajstić information content (AvgIpc) is 2.46. The second kappa shape index (κ2) is 6.55. The molecule has 104 valence electrons. The highest BCUT2D eigenvalue weighted by Gasteiger charge is 2.19. The SMILES string of the molecule is CN(Cc1cccc(Cl)c1)C(=O)[C@@H](N)c1ccccc1. The van der Waals surface area contributed by atoms with E-state index < -0.39 is 6.04 Å². The van der Waals surface area contributed by atoms with Gasteiger partial charge in [-0.15, -0.1) is 0 Å². The summed E-state index contributed by atoms with van der Waals surface area (Å²) >= 11 is 5.94. The van der Waals surface area contributed by atoms with Crippen molar-refractivity contribution in [3.63, 3.8) is 0 Å². The minimum absolute atomic E-state index is 0.115.